The average Bonchev–Trinajstić information content (AvgIpc) is 3.19. The average molecular weight is 318 g/mol. The van der Waals surface area contributed by atoms with Gasteiger partial charge in [-0.1, -0.05) is 12.8 Å². The van der Waals surface area contributed by atoms with Crippen LogP contribution in [0.15, 0.2) is 24.5 Å². The summed E-state index contributed by atoms with van der Waals surface area (Å²) in [6.07, 6.45) is 10.5. The van der Waals surface area contributed by atoms with E-state index >= 15 is 0 Å². The number of carbonyl (C=O) groups is 2. The molecule has 1 amide bonds. The van der Waals surface area contributed by atoms with Gasteiger partial charge in [-0.25, -0.2) is 0 Å². The summed E-state index contributed by atoms with van der Waals surface area (Å²) in [5, 5.41) is 9.18. The molecule has 0 aromatic carbocycles. The van der Waals surface area contributed by atoms with Crippen molar-refractivity contribution < 1.29 is 14.7 Å². The predicted octanol–water partition coefficient (Wildman–Crippen LogP) is 3.08. The third-order valence-corrected chi connectivity index (χ3v) is 5.58. The molecule has 1 saturated heterocycles. The van der Waals surface area contributed by atoms with Crippen molar-refractivity contribution in [1.29, 1.82) is 0 Å². The molecule has 0 atom stereocenters. The molecule has 0 radical (unpaired) electrons. The number of hydrogen-bond donors (Lipinski definition) is 1. The zero-order valence-electron chi connectivity index (χ0n) is 13.6. The Morgan fingerprint density at radius 1 is 1.04 bits per heavy atom. The van der Waals surface area contributed by atoms with E-state index in [0.717, 1.165) is 51.6 Å². The van der Waals surface area contributed by atoms with E-state index in [9.17, 15) is 14.7 Å². The summed E-state index contributed by atoms with van der Waals surface area (Å²) in [4.78, 5) is 25.8. The van der Waals surface area contributed by atoms with Crippen LogP contribution in [-0.4, -0.2) is 39.5 Å². The summed E-state index contributed by atoms with van der Waals surface area (Å²) >= 11 is 0. The Balaban J connectivity index is 1.55. The highest BCUT2D eigenvalue weighted by Crippen LogP contribution is 2.44. The van der Waals surface area contributed by atoms with Crippen LogP contribution >= 0.6 is 0 Å². The number of carbonyl (C=O) groups excluding carboxylic acids is 1. The molecular weight excluding hydrogens is 292 g/mol. The highest BCUT2D eigenvalue weighted by molar-refractivity contribution is 5.78. The Labute approximate surface area is 137 Å². The van der Waals surface area contributed by atoms with Gasteiger partial charge in [-0.05, 0) is 43.2 Å². The Kier molecular flexibility index (Phi) is 4.74. The largest absolute Gasteiger partial charge is 0.481 e. The minimum atomic E-state index is -0.772. The Hall–Kier alpha value is -1.78. The van der Waals surface area contributed by atoms with E-state index in [1.807, 2.05) is 17.0 Å². The van der Waals surface area contributed by atoms with Crippen molar-refractivity contribution >= 4 is 11.9 Å². The highest BCUT2D eigenvalue weighted by atomic mass is 16.4. The number of nitrogens with zero attached hydrogens (tertiary/aromatic N) is 2. The van der Waals surface area contributed by atoms with Gasteiger partial charge in [0.1, 0.15) is 0 Å². The fourth-order valence-electron chi connectivity index (χ4n) is 4.30. The van der Waals surface area contributed by atoms with Crippen LogP contribution in [0.5, 0.6) is 0 Å². The summed E-state index contributed by atoms with van der Waals surface area (Å²) in [5.41, 5.74) is -0.291. The fraction of sp³-hybridized carbons (Fsp3) is 0.667. The van der Waals surface area contributed by atoms with Gasteiger partial charge in [0.2, 0.25) is 5.91 Å². The number of likely N-dealkylation sites (tertiary alicyclic amines) is 1. The third kappa shape index (κ3) is 3.77. The molecule has 0 spiro atoms. The molecule has 2 heterocycles. The zero-order valence-corrected chi connectivity index (χ0v) is 13.6. The molecule has 0 unspecified atom stereocenters. The zero-order chi connectivity index (χ0) is 16.3. The SMILES string of the molecule is O=C(O)CC1(CC(=O)N2CCC(n3cccc3)CC2)CCCC1. The number of hydrogen-bond acceptors (Lipinski definition) is 2. The molecular formula is C18H26N2O3. The number of carboxylic acids is 1. The van der Waals surface area contributed by atoms with Gasteiger partial charge in [0.25, 0.3) is 0 Å². The van der Waals surface area contributed by atoms with Crippen LogP contribution in [0, 0.1) is 5.41 Å². The molecule has 1 aliphatic carbocycles. The summed E-state index contributed by atoms with van der Waals surface area (Å²) in [6, 6.07) is 4.55. The second kappa shape index (κ2) is 6.77. The standard InChI is InChI=1S/C18H26N2O3/c21-16(13-18(14-17(22)23)7-1-2-8-18)20-11-5-15(6-12-20)19-9-3-4-10-19/h3-4,9-10,15H,1-2,5-8,11-14H2,(H,22,23). The van der Waals surface area contributed by atoms with Crippen LogP contribution < -0.4 is 0 Å². The number of carboxylic acid groups (broad SMARTS) is 1. The van der Waals surface area contributed by atoms with Gasteiger partial charge in [0.05, 0.1) is 6.42 Å². The van der Waals surface area contributed by atoms with Crippen molar-refractivity contribution in [3.05, 3.63) is 24.5 Å². The predicted molar refractivity (Wildman–Crippen MR) is 87.1 cm³/mol. The lowest BCUT2D eigenvalue weighted by Crippen LogP contribution is -2.41. The van der Waals surface area contributed by atoms with Crippen molar-refractivity contribution in [2.45, 2.75) is 57.4 Å². The topological polar surface area (TPSA) is 62.5 Å². The molecule has 2 fully saturated rings. The maximum absolute atomic E-state index is 12.7. The summed E-state index contributed by atoms with van der Waals surface area (Å²) in [5.74, 6) is -0.620. The minimum Gasteiger partial charge on any atom is -0.481 e. The van der Waals surface area contributed by atoms with E-state index in [0.29, 0.717) is 12.5 Å². The van der Waals surface area contributed by atoms with Gasteiger partial charge in [0, 0.05) is 37.9 Å². The highest BCUT2D eigenvalue weighted by Gasteiger charge is 2.39. The lowest BCUT2D eigenvalue weighted by atomic mass is 9.79. The molecule has 1 aliphatic heterocycles. The number of aliphatic carboxylic acids is 1. The normalized spacial score (nSPS) is 21.5. The second-order valence-corrected chi connectivity index (χ2v) is 7.20. The Morgan fingerprint density at radius 3 is 2.22 bits per heavy atom. The molecule has 0 bridgehead atoms. The fourth-order valence-corrected chi connectivity index (χ4v) is 4.30. The van der Waals surface area contributed by atoms with Gasteiger partial charge in [-0.2, -0.15) is 0 Å². The van der Waals surface area contributed by atoms with E-state index in [2.05, 4.69) is 17.0 Å². The minimum absolute atomic E-state index is 0.137. The Bertz CT molecular complexity index is 539. The molecule has 1 aromatic rings. The molecule has 5 heteroatoms. The third-order valence-electron chi connectivity index (χ3n) is 5.58. The second-order valence-electron chi connectivity index (χ2n) is 7.20. The van der Waals surface area contributed by atoms with Gasteiger partial charge in [-0.3, -0.25) is 9.59 Å². The van der Waals surface area contributed by atoms with Crippen molar-refractivity contribution in [3.63, 3.8) is 0 Å². The quantitative estimate of drug-likeness (QED) is 0.907. The first-order valence-corrected chi connectivity index (χ1v) is 8.70. The van der Waals surface area contributed by atoms with Gasteiger partial charge in [-0.15, -0.1) is 0 Å². The van der Waals surface area contributed by atoms with Gasteiger partial charge < -0.3 is 14.6 Å². The number of amides is 1. The monoisotopic (exact) mass is 318 g/mol. The van der Waals surface area contributed by atoms with E-state index < -0.39 is 5.97 Å². The number of piperidine rings is 1. The van der Waals surface area contributed by atoms with E-state index in [1.54, 1.807) is 0 Å². The number of aromatic nitrogens is 1. The molecule has 1 N–H and O–H groups in total. The van der Waals surface area contributed by atoms with Gasteiger partial charge >= 0.3 is 5.97 Å². The molecule has 1 aromatic heterocycles. The van der Waals surface area contributed by atoms with Gasteiger partial charge in [0.15, 0.2) is 0 Å². The van der Waals surface area contributed by atoms with E-state index in [1.165, 1.54) is 0 Å². The van der Waals surface area contributed by atoms with Crippen LogP contribution in [0.2, 0.25) is 0 Å². The van der Waals surface area contributed by atoms with Crippen molar-refractivity contribution in [1.82, 2.24) is 9.47 Å². The first-order valence-electron chi connectivity index (χ1n) is 8.70. The van der Waals surface area contributed by atoms with Crippen LogP contribution in [0.4, 0.5) is 0 Å². The lowest BCUT2D eigenvalue weighted by molar-refractivity contribution is -0.141. The Morgan fingerprint density at radius 2 is 1.65 bits per heavy atom. The maximum Gasteiger partial charge on any atom is 0.303 e. The summed E-state index contributed by atoms with van der Waals surface area (Å²) < 4.78 is 2.23. The van der Waals surface area contributed by atoms with Crippen LogP contribution in [0.25, 0.3) is 0 Å². The van der Waals surface area contributed by atoms with Crippen LogP contribution in [0.3, 0.4) is 0 Å². The molecule has 1 saturated carbocycles. The molecule has 126 valence electrons. The first kappa shape index (κ1) is 16.1. The maximum atomic E-state index is 12.7. The lowest BCUT2D eigenvalue weighted by Gasteiger charge is -2.35. The van der Waals surface area contributed by atoms with Crippen molar-refractivity contribution in [2.24, 2.45) is 5.41 Å². The van der Waals surface area contributed by atoms with E-state index in [-0.39, 0.29) is 17.7 Å². The summed E-state index contributed by atoms with van der Waals surface area (Å²) in [7, 11) is 0. The molecule has 23 heavy (non-hydrogen) atoms. The summed E-state index contributed by atoms with van der Waals surface area (Å²) in [6.45, 7) is 1.57. The van der Waals surface area contributed by atoms with Crippen molar-refractivity contribution in [2.75, 3.05) is 13.1 Å². The van der Waals surface area contributed by atoms with Crippen molar-refractivity contribution in [3.8, 4) is 0 Å². The smallest absolute Gasteiger partial charge is 0.303 e. The molecule has 5 nitrogen and oxygen atoms in total. The van der Waals surface area contributed by atoms with E-state index in [4.69, 9.17) is 0 Å². The number of rotatable bonds is 5. The molecule has 3 rings (SSSR count). The molecule has 2 aliphatic rings. The first-order chi connectivity index (χ1) is 11.1. The van der Waals surface area contributed by atoms with Crippen LogP contribution in [-0.2, 0) is 9.59 Å². The van der Waals surface area contributed by atoms with Crippen LogP contribution in [0.1, 0.15) is 57.4 Å².